The second kappa shape index (κ2) is 6.23. The quantitative estimate of drug-likeness (QED) is 0.559. The molecule has 0 fully saturated rings. The Morgan fingerprint density at radius 2 is 2.18 bits per heavy atom. The van der Waals surface area contributed by atoms with Crippen molar-refractivity contribution in [3.63, 3.8) is 0 Å². The zero-order chi connectivity index (χ0) is 8.69. The molecule has 0 aromatic rings. The van der Waals surface area contributed by atoms with Crippen LogP contribution in [0, 0.1) is 0 Å². The van der Waals surface area contributed by atoms with Crippen LogP contribution < -0.4 is 0 Å². The molecule has 62 valence electrons. The highest BCUT2D eigenvalue weighted by molar-refractivity contribution is 6.31. The summed E-state index contributed by atoms with van der Waals surface area (Å²) in [5.41, 5.74) is 1.20. The highest BCUT2D eigenvalue weighted by atomic mass is 35.5. The van der Waals surface area contributed by atoms with E-state index >= 15 is 0 Å². The van der Waals surface area contributed by atoms with Crippen molar-refractivity contribution in [2.24, 2.45) is 0 Å². The molecule has 0 aromatic heterocycles. The Morgan fingerprint density at radius 3 is 2.55 bits per heavy atom. The second-order valence-electron chi connectivity index (χ2n) is 2.35. The zero-order valence-corrected chi connectivity index (χ0v) is 7.99. The zero-order valence-electron chi connectivity index (χ0n) is 7.23. The van der Waals surface area contributed by atoms with Crippen molar-refractivity contribution in [1.29, 1.82) is 0 Å². The Labute approximate surface area is 74.3 Å². The van der Waals surface area contributed by atoms with Crippen LogP contribution in [0.2, 0.25) is 0 Å². The van der Waals surface area contributed by atoms with Crippen molar-refractivity contribution in [3.05, 3.63) is 35.4 Å². The Bertz CT molecular complexity index is 175. The fraction of sp³-hybridized carbons (Fsp3) is 0.400. The topological polar surface area (TPSA) is 0 Å². The van der Waals surface area contributed by atoms with E-state index in [0.29, 0.717) is 0 Å². The highest BCUT2D eigenvalue weighted by Crippen LogP contribution is 2.12. The van der Waals surface area contributed by atoms with Gasteiger partial charge in [0.2, 0.25) is 0 Å². The summed E-state index contributed by atoms with van der Waals surface area (Å²) >= 11 is 5.81. The average Bonchev–Trinajstić information content (AvgIpc) is 2.03. The van der Waals surface area contributed by atoms with Gasteiger partial charge in [-0.3, -0.25) is 0 Å². The third kappa shape index (κ3) is 4.86. The first kappa shape index (κ1) is 10.5. The van der Waals surface area contributed by atoms with Gasteiger partial charge in [-0.1, -0.05) is 43.7 Å². The summed E-state index contributed by atoms with van der Waals surface area (Å²) in [7, 11) is 0. The standard InChI is InChI=1S/C10H15Cl/c1-4-7-9(5-2)8-10(11)6-3/h5-6,8H,2,4,7H2,1,3H3/b9-8+,10-6+. The van der Waals surface area contributed by atoms with Gasteiger partial charge in [-0.15, -0.1) is 0 Å². The normalized spacial score (nSPS) is 13.4. The molecule has 0 nitrogen and oxygen atoms in total. The summed E-state index contributed by atoms with van der Waals surface area (Å²) in [6.45, 7) is 7.77. The van der Waals surface area contributed by atoms with Crippen LogP contribution in [0.3, 0.4) is 0 Å². The molecule has 11 heavy (non-hydrogen) atoms. The Hall–Kier alpha value is -0.490. The Kier molecular flexibility index (Phi) is 5.96. The second-order valence-corrected chi connectivity index (χ2v) is 2.78. The number of allylic oxidation sites excluding steroid dienone is 5. The maximum Gasteiger partial charge on any atom is 0.0366 e. The molecule has 0 rings (SSSR count). The van der Waals surface area contributed by atoms with E-state index in [9.17, 15) is 0 Å². The summed E-state index contributed by atoms with van der Waals surface area (Å²) in [4.78, 5) is 0. The molecule has 0 aliphatic carbocycles. The lowest BCUT2D eigenvalue weighted by Gasteiger charge is -1.97. The third-order valence-electron chi connectivity index (χ3n) is 1.40. The van der Waals surface area contributed by atoms with Crippen molar-refractivity contribution in [2.75, 3.05) is 0 Å². The maximum atomic E-state index is 5.81. The van der Waals surface area contributed by atoms with E-state index in [1.165, 1.54) is 5.57 Å². The molecule has 0 amide bonds. The van der Waals surface area contributed by atoms with E-state index in [1.807, 2.05) is 25.2 Å². The summed E-state index contributed by atoms with van der Waals surface area (Å²) in [6, 6.07) is 0. The summed E-state index contributed by atoms with van der Waals surface area (Å²) in [6.07, 6.45) is 7.87. The van der Waals surface area contributed by atoms with Gasteiger partial charge in [-0.25, -0.2) is 0 Å². The lowest BCUT2D eigenvalue weighted by Crippen LogP contribution is -1.76. The molecule has 1 heteroatoms. The average molecular weight is 171 g/mol. The van der Waals surface area contributed by atoms with Gasteiger partial charge < -0.3 is 0 Å². The van der Waals surface area contributed by atoms with Crippen LogP contribution in [-0.4, -0.2) is 0 Å². The number of halogens is 1. The molecule has 0 bridgehead atoms. The van der Waals surface area contributed by atoms with Crippen LogP contribution in [0.25, 0.3) is 0 Å². The van der Waals surface area contributed by atoms with Gasteiger partial charge in [0.15, 0.2) is 0 Å². The highest BCUT2D eigenvalue weighted by Gasteiger charge is 1.90. The van der Waals surface area contributed by atoms with Crippen LogP contribution in [-0.2, 0) is 0 Å². The fourth-order valence-electron chi connectivity index (χ4n) is 0.782. The van der Waals surface area contributed by atoms with E-state index in [4.69, 9.17) is 11.6 Å². The van der Waals surface area contributed by atoms with E-state index in [0.717, 1.165) is 17.9 Å². The summed E-state index contributed by atoms with van der Waals surface area (Å²) in [5, 5.41) is 0.786. The first-order valence-electron chi connectivity index (χ1n) is 3.89. The van der Waals surface area contributed by atoms with E-state index in [2.05, 4.69) is 13.5 Å². The molecule has 0 saturated carbocycles. The summed E-state index contributed by atoms with van der Waals surface area (Å²) in [5.74, 6) is 0. The Balaban J connectivity index is 4.22. The van der Waals surface area contributed by atoms with Gasteiger partial charge >= 0.3 is 0 Å². The lowest BCUT2D eigenvalue weighted by atomic mass is 10.1. The maximum absolute atomic E-state index is 5.81. The smallest absolute Gasteiger partial charge is 0.0366 e. The minimum Gasteiger partial charge on any atom is -0.0988 e. The largest absolute Gasteiger partial charge is 0.0988 e. The number of hydrogen-bond acceptors (Lipinski definition) is 0. The first-order valence-corrected chi connectivity index (χ1v) is 4.27. The van der Waals surface area contributed by atoms with Crippen molar-refractivity contribution in [1.82, 2.24) is 0 Å². The monoisotopic (exact) mass is 170 g/mol. The Morgan fingerprint density at radius 1 is 1.55 bits per heavy atom. The lowest BCUT2D eigenvalue weighted by molar-refractivity contribution is 0.926. The van der Waals surface area contributed by atoms with Gasteiger partial charge in [0, 0.05) is 5.03 Å². The molecule has 0 aromatic carbocycles. The molecule has 0 atom stereocenters. The van der Waals surface area contributed by atoms with Crippen LogP contribution in [0.15, 0.2) is 35.4 Å². The predicted octanol–water partition coefficient (Wildman–Crippen LogP) is 4.04. The van der Waals surface area contributed by atoms with Crippen molar-refractivity contribution < 1.29 is 0 Å². The fourth-order valence-corrected chi connectivity index (χ4v) is 0.922. The van der Waals surface area contributed by atoms with Crippen molar-refractivity contribution >= 4 is 11.6 Å². The van der Waals surface area contributed by atoms with E-state index in [1.54, 1.807) is 0 Å². The molecule has 0 saturated heterocycles. The van der Waals surface area contributed by atoms with Gasteiger partial charge in [0.1, 0.15) is 0 Å². The van der Waals surface area contributed by atoms with Gasteiger partial charge in [-0.2, -0.15) is 0 Å². The molecule has 0 N–H and O–H groups in total. The molecule has 0 spiro atoms. The van der Waals surface area contributed by atoms with Crippen LogP contribution >= 0.6 is 11.6 Å². The van der Waals surface area contributed by atoms with E-state index < -0.39 is 0 Å². The molecule has 0 radical (unpaired) electrons. The third-order valence-corrected chi connectivity index (χ3v) is 1.73. The summed E-state index contributed by atoms with van der Waals surface area (Å²) < 4.78 is 0. The minimum absolute atomic E-state index is 0.786. The van der Waals surface area contributed by atoms with Crippen molar-refractivity contribution in [2.45, 2.75) is 26.7 Å². The minimum atomic E-state index is 0.786. The van der Waals surface area contributed by atoms with Crippen molar-refractivity contribution in [3.8, 4) is 0 Å². The molecule has 0 aliphatic rings. The molecule has 0 unspecified atom stereocenters. The number of hydrogen-bond donors (Lipinski definition) is 0. The van der Waals surface area contributed by atoms with Crippen LogP contribution in [0.1, 0.15) is 26.7 Å². The van der Waals surface area contributed by atoms with Gasteiger partial charge in [0.25, 0.3) is 0 Å². The van der Waals surface area contributed by atoms with E-state index in [-0.39, 0.29) is 0 Å². The molecule has 0 aliphatic heterocycles. The number of rotatable bonds is 4. The van der Waals surface area contributed by atoms with Gasteiger partial charge in [-0.05, 0) is 25.0 Å². The first-order chi connectivity index (χ1) is 5.24. The SMILES string of the molecule is C=C/C(=C\C(Cl)=C/C)CCC. The molecular weight excluding hydrogens is 156 g/mol. The molecular formula is C10H15Cl. The predicted molar refractivity (Wildman–Crippen MR) is 52.8 cm³/mol. The van der Waals surface area contributed by atoms with Gasteiger partial charge in [0.05, 0.1) is 0 Å². The molecule has 0 heterocycles. The van der Waals surface area contributed by atoms with Crippen LogP contribution in [0.5, 0.6) is 0 Å². The van der Waals surface area contributed by atoms with Crippen LogP contribution in [0.4, 0.5) is 0 Å².